The molecule has 1 spiro atoms. The largest absolute Gasteiger partial charge is 0.403 e. The Balaban J connectivity index is 2.22. The lowest BCUT2D eigenvalue weighted by molar-refractivity contribution is -0.411. The van der Waals surface area contributed by atoms with Crippen LogP contribution in [0.25, 0.3) is 0 Å². The van der Waals surface area contributed by atoms with Crippen molar-refractivity contribution in [1.29, 1.82) is 0 Å². The molecule has 0 aliphatic carbocycles. The van der Waals surface area contributed by atoms with Crippen LogP contribution in [0.15, 0.2) is 12.2 Å². The van der Waals surface area contributed by atoms with Gasteiger partial charge in [-0.3, -0.25) is 0 Å². The Morgan fingerprint density at radius 3 is 2.15 bits per heavy atom. The molecule has 1 N–H and O–H groups in total. The normalized spacial score (nSPS) is 26.2. The molecule has 2 aliphatic rings. The third-order valence-corrected chi connectivity index (χ3v) is 1.91. The minimum Gasteiger partial charge on any atom is -0.403 e. The van der Waals surface area contributed by atoms with Gasteiger partial charge in [0.25, 0.3) is 0 Å². The third-order valence-electron chi connectivity index (χ3n) is 1.91. The second-order valence-electron chi connectivity index (χ2n) is 2.76. The van der Waals surface area contributed by atoms with E-state index in [0.29, 0.717) is 11.6 Å². The molecule has 6 heteroatoms. The smallest absolute Gasteiger partial charge is 0.343 e. The van der Waals surface area contributed by atoms with E-state index in [1.807, 2.05) is 0 Å². The van der Waals surface area contributed by atoms with Gasteiger partial charge in [-0.1, -0.05) is 0 Å². The lowest BCUT2D eigenvalue weighted by Crippen LogP contribution is -2.62. The Bertz CT molecular complexity index is 277. The Labute approximate surface area is 73.3 Å². The van der Waals surface area contributed by atoms with E-state index in [2.05, 4.69) is 0 Å². The highest BCUT2D eigenvalue weighted by molar-refractivity contribution is 5.93. The molecule has 0 aromatic heterocycles. The molecule has 70 valence electrons. The molecule has 0 amide bonds. The summed E-state index contributed by atoms with van der Waals surface area (Å²) in [5, 5.41) is 9.81. The molecule has 0 aromatic rings. The zero-order valence-electron chi connectivity index (χ0n) is 6.60. The van der Waals surface area contributed by atoms with Crippen LogP contribution in [0.5, 0.6) is 0 Å². The van der Waals surface area contributed by atoms with Crippen molar-refractivity contribution in [3.05, 3.63) is 12.2 Å². The molecule has 0 atom stereocenters. The van der Waals surface area contributed by atoms with Crippen LogP contribution in [0.3, 0.4) is 0 Å². The second kappa shape index (κ2) is 2.54. The van der Waals surface area contributed by atoms with E-state index in [0.717, 1.165) is 12.2 Å². The zero-order chi connectivity index (χ0) is 9.47. The predicted molar refractivity (Wildman–Crippen MR) is 37.2 cm³/mol. The van der Waals surface area contributed by atoms with Crippen molar-refractivity contribution in [3.8, 4) is 0 Å². The van der Waals surface area contributed by atoms with Crippen LogP contribution in [0.4, 0.5) is 0 Å². The van der Waals surface area contributed by atoms with Crippen molar-refractivity contribution in [3.63, 3.8) is 0 Å². The minimum atomic E-state index is -1.59. The SMILES string of the molecule is O=C1C=CC(=O)OC2(CCN2O)O1. The van der Waals surface area contributed by atoms with Gasteiger partial charge in [0.05, 0.1) is 6.42 Å². The molecule has 0 radical (unpaired) electrons. The van der Waals surface area contributed by atoms with Gasteiger partial charge in [0.15, 0.2) is 0 Å². The number of nitrogens with zero attached hydrogens (tertiary/aromatic N) is 1. The average Bonchev–Trinajstić information content (AvgIpc) is 2.25. The molecule has 0 saturated carbocycles. The summed E-state index contributed by atoms with van der Waals surface area (Å²) in [7, 11) is 0. The fraction of sp³-hybridized carbons (Fsp3) is 0.429. The van der Waals surface area contributed by atoms with E-state index in [1.54, 1.807) is 0 Å². The first-order valence-corrected chi connectivity index (χ1v) is 3.73. The van der Waals surface area contributed by atoms with Gasteiger partial charge in [0, 0.05) is 18.7 Å². The van der Waals surface area contributed by atoms with Crippen molar-refractivity contribution in [1.82, 2.24) is 5.06 Å². The van der Waals surface area contributed by atoms with Gasteiger partial charge in [-0.25, -0.2) is 9.59 Å². The van der Waals surface area contributed by atoms with Gasteiger partial charge >= 0.3 is 17.8 Å². The molecule has 13 heavy (non-hydrogen) atoms. The molecule has 2 rings (SSSR count). The van der Waals surface area contributed by atoms with Gasteiger partial charge in [0.1, 0.15) is 0 Å². The van der Waals surface area contributed by atoms with Crippen LogP contribution in [-0.2, 0) is 19.1 Å². The number of ether oxygens (including phenoxy) is 2. The van der Waals surface area contributed by atoms with Crippen LogP contribution in [0.2, 0.25) is 0 Å². The molecule has 0 aromatic carbocycles. The second-order valence-corrected chi connectivity index (χ2v) is 2.76. The standard InChI is InChI=1S/C7H7NO5/c9-5-1-2-6(10)13-7(12-5)3-4-8(7)11/h1-2,11H,3-4H2. The Hall–Kier alpha value is -1.40. The summed E-state index contributed by atoms with van der Waals surface area (Å²) >= 11 is 0. The fourth-order valence-electron chi connectivity index (χ4n) is 1.14. The summed E-state index contributed by atoms with van der Waals surface area (Å²) in [5.74, 6) is -2.99. The molecule has 2 heterocycles. The number of hydrogen-bond acceptors (Lipinski definition) is 6. The molecular formula is C7H7NO5. The molecule has 1 fully saturated rings. The Morgan fingerprint density at radius 1 is 1.31 bits per heavy atom. The number of hydroxylamine groups is 2. The first kappa shape index (κ1) is 8.21. The van der Waals surface area contributed by atoms with Crippen molar-refractivity contribution in [2.75, 3.05) is 6.54 Å². The molecule has 1 saturated heterocycles. The zero-order valence-corrected chi connectivity index (χ0v) is 6.60. The van der Waals surface area contributed by atoms with Crippen LogP contribution in [-0.4, -0.2) is 34.7 Å². The summed E-state index contributed by atoms with van der Waals surface area (Å²) in [6, 6.07) is 0. The van der Waals surface area contributed by atoms with E-state index >= 15 is 0 Å². The monoisotopic (exact) mass is 185 g/mol. The number of esters is 2. The molecular weight excluding hydrogens is 178 g/mol. The van der Waals surface area contributed by atoms with E-state index in [9.17, 15) is 9.59 Å². The molecule has 6 nitrogen and oxygen atoms in total. The third kappa shape index (κ3) is 1.20. The Kier molecular flexibility index (Phi) is 1.61. The quantitative estimate of drug-likeness (QED) is 0.507. The van der Waals surface area contributed by atoms with Crippen LogP contribution in [0.1, 0.15) is 6.42 Å². The highest BCUT2D eigenvalue weighted by Crippen LogP contribution is 2.32. The minimum absolute atomic E-state index is 0.280. The van der Waals surface area contributed by atoms with Gasteiger partial charge in [-0.2, -0.15) is 0 Å². The maximum atomic E-state index is 10.9. The molecule has 0 bridgehead atoms. The number of carbonyl (C=O) groups is 2. The van der Waals surface area contributed by atoms with Crippen molar-refractivity contribution < 1.29 is 24.3 Å². The van der Waals surface area contributed by atoms with Crippen molar-refractivity contribution >= 4 is 11.9 Å². The van der Waals surface area contributed by atoms with Gasteiger partial charge < -0.3 is 14.7 Å². The first-order chi connectivity index (χ1) is 6.12. The summed E-state index contributed by atoms with van der Waals surface area (Å²) in [6.45, 7) is 0.306. The van der Waals surface area contributed by atoms with Gasteiger partial charge in [-0.15, -0.1) is 5.06 Å². The van der Waals surface area contributed by atoms with E-state index < -0.39 is 17.8 Å². The van der Waals surface area contributed by atoms with E-state index in [1.165, 1.54) is 0 Å². The molecule has 2 aliphatic heterocycles. The maximum absolute atomic E-state index is 10.9. The van der Waals surface area contributed by atoms with Gasteiger partial charge in [0.2, 0.25) is 0 Å². The lowest BCUT2D eigenvalue weighted by Gasteiger charge is -2.43. The number of hydrogen-bond donors (Lipinski definition) is 1. The first-order valence-electron chi connectivity index (χ1n) is 3.73. The Morgan fingerprint density at radius 2 is 1.85 bits per heavy atom. The number of rotatable bonds is 0. The van der Waals surface area contributed by atoms with Gasteiger partial charge in [-0.05, 0) is 0 Å². The lowest BCUT2D eigenvalue weighted by atomic mass is 10.2. The predicted octanol–water partition coefficient (Wildman–Crippen LogP) is -0.609. The van der Waals surface area contributed by atoms with E-state index in [-0.39, 0.29) is 6.42 Å². The molecule has 0 unspecified atom stereocenters. The summed E-state index contributed by atoms with van der Waals surface area (Å²) in [4.78, 5) is 21.8. The summed E-state index contributed by atoms with van der Waals surface area (Å²) in [5.41, 5.74) is 0. The fourth-order valence-corrected chi connectivity index (χ4v) is 1.14. The van der Waals surface area contributed by atoms with Crippen LogP contribution in [0, 0.1) is 0 Å². The number of carbonyl (C=O) groups excluding carboxylic acids is 2. The van der Waals surface area contributed by atoms with Crippen LogP contribution >= 0.6 is 0 Å². The summed E-state index contributed by atoms with van der Waals surface area (Å²) < 4.78 is 9.45. The van der Waals surface area contributed by atoms with Crippen molar-refractivity contribution in [2.45, 2.75) is 12.3 Å². The average molecular weight is 185 g/mol. The highest BCUT2D eigenvalue weighted by Gasteiger charge is 2.53. The summed E-state index contributed by atoms with van der Waals surface area (Å²) in [6.07, 6.45) is 2.20. The van der Waals surface area contributed by atoms with Crippen molar-refractivity contribution in [2.24, 2.45) is 0 Å². The highest BCUT2D eigenvalue weighted by atomic mass is 16.8. The maximum Gasteiger partial charge on any atom is 0.343 e. The van der Waals surface area contributed by atoms with Crippen LogP contribution < -0.4 is 0 Å². The topological polar surface area (TPSA) is 76.1 Å². The van der Waals surface area contributed by atoms with E-state index in [4.69, 9.17) is 14.7 Å².